The number of halogens is 1. The van der Waals surface area contributed by atoms with Crippen LogP contribution >= 0.6 is 11.6 Å². The molecule has 2 aromatic rings. The van der Waals surface area contributed by atoms with Crippen LogP contribution in [0.1, 0.15) is 28.3 Å². The Morgan fingerprint density at radius 2 is 1.68 bits per heavy atom. The van der Waals surface area contributed by atoms with Gasteiger partial charge in [0, 0.05) is 5.02 Å². The number of methoxy groups -OCH3 is 1. The van der Waals surface area contributed by atoms with Crippen molar-refractivity contribution in [3.63, 3.8) is 0 Å². The third-order valence-electron chi connectivity index (χ3n) is 3.29. The van der Waals surface area contributed by atoms with E-state index in [4.69, 9.17) is 22.1 Å². The smallest absolute Gasteiger partial charge is 0.124 e. The van der Waals surface area contributed by atoms with Crippen LogP contribution in [0.3, 0.4) is 0 Å². The first-order valence-electron chi connectivity index (χ1n) is 6.19. The maximum Gasteiger partial charge on any atom is 0.124 e. The molecule has 0 amide bonds. The molecule has 2 N–H and O–H groups in total. The van der Waals surface area contributed by atoms with Crippen LogP contribution in [0.15, 0.2) is 36.4 Å². The Hall–Kier alpha value is -1.51. The summed E-state index contributed by atoms with van der Waals surface area (Å²) in [6, 6.07) is 11.6. The standard InChI is InChI=1S/C16H18ClNO/c1-10-8-12(9-11(2)16(10)19-3)15(18)13-6-4-5-7-14(13)17/h4-9,15H,18H2,1-3H3. The number of benzene rings is 2. The number of ether oxygens (including phenoxy) is 1. The van der Waals surface area contributed by atoms with Gasteiger partial charge in [0.1, 0.15) is 5.75 Å². The van der Waals surface area contributed by atoms with E-state index >= 15 is 0 Å². The van der Waals surface area contributed by atoms with Crippen molar-refractivity contribution in [2.75, 3.05) is 7.11 Å². The van der Waals surface area contributed by atoms with Crippen molar-refractivity contribution in [2.24, 2.45) is 5.73 Å². The Morgan fingerprint density at radius 3 is 2.21 bits per heavy atom. The lowest BCUT2D eigenvalue weighted by atomic mass is 9.95. The number of hydrogen-bond donors (Lipinski definition) is 1. The molecule has 1 unspecified atom stereocenters. The van der Waals surface area contributed by atoms with E-state index in [0.717, 1.165) is 28.0 Å². The molecule has 3 heteroatoms. The fraction of sp³-hybridized carbons (Fsp3) is 0.250. The number of rotatable bonds is 3. The highest BCUT2D eigenvalue weighted by molar-refractivity contribution is 6.31. The summed E-state index contributed by atoms with van der Waals surface area (Å²) in [6.45, 7) is 4.04. The number of nitrogens with two attached hydrogens (primary N) is 1. The molecule has 0 saturated carbocycles. The summed E-state index contributed by atoms with van der Waals surface area (Å²) in [4.78, 5) is 0. The largest absolute Gasteiger partial charge is 0.496 e. The van der Waals surface area contributed by atoms with E-state index in [-0.39, 0.29) is 6.04 Å². The van der Waals surface area contributed by atoms with Crippen molar-refractivity contribution in [3.05, 3.63) is 63.7 Å². The van der Waals surface area contributed by atoms with Crippen LogP contribution in [0.2, 0.25) is 5.02 Å². The molecule has 2 rings (SSSR count). The van der Waals surface area contributed by atoms with E-state index in [1.807, 2.05) is 38.1 Å². The van der Waals surface area contributed by atoms with Gasteiger partial charge in [0.05, 0.1) is 13.2 Å². The van der Waals surface area contributed by atoms with Crippen LogP contribution in [0.4, 0.5) is 0 Å². The molecule has 0 saturated heterocycles. The maximum absolute atomic E-state index is 6.32. The van der Waals surface area contributed by atoms with Crippen LogP contribution in [0.25, 0.3) is 0 Å². The van der Waals surface area contributed by atoms with Crippen molar-refractivity contribution in [1.29, 1.82) is 0 Å². The second-order valence-corrected chi connectivity index (χ2v) is 5.09. The molecule has 0 aliphatic heterocycles. The first kappa shape index (κ1) is 13.9. The molecular formula is C16H18ClNO. The highest BCUT2D eigenvalue weighted by Gasteiger charge is 2.14. The highest BCUT2D eigenvalue weighted by atomic mass is 35.5. The Kier molecular flexibility index (Phi) is 4.13. The van der Waals surface area contributed by atoms with Crippen molar-refractivity contribution < 1.29 is 4.74 Å². The second-order valence-electron chi connectivity index (χ2n) is 4.69. The van der Waals surface area contributed by atoms with Crippen molar-refractivity contribution >= 4 is 11.6 Å². The van der Waals surface area contributed by atoms with Crippen LogP contribution < -0.4 is 10.5 Å². The Morgan fingerprint density at radius 1 is 1.11 bits per heavy atom. The second kappa shape index (κ2) is 5.64. The van der Waals surface area contributed by atoms with E-state index in [1.165, 1.54) is 0 Å². The summed E-state index contributed by atoms with van der Waals surface area (Å²) in [5.74, 6) is 0.912. The summed E-state index contributed by atoms with van der Waals surface area (Å²) in [5.41, 5.74) is 10.5. The SMILES string of the molecule is COc1c(C)cc(C(N)c2ccccc2Cl)cc1C. The molecule has 19 heavy (non-hydrogen) atoms. The summed E-state index contributed by atoms with van der Waals surface area (Å²) in [5, 5.41) is 0.695. The first-order chi connectivity index (χ1) is 9.04. The number of hydrogen-bond acceptors (Lipinski definition) is 2. The topological polar surface area (TPSA) is 35.2 Å². The maximum atomic E-state index is 6.32. The lowest BCUT2D eigenvalue weighted by Crippen LogP contribution is -2.13. The summed E-state index contributed by atoms with van der Waals surface area (Å²) in [7, 11) is 1.68. The zero-order chi connectivity index (χ0) is 14.0. The van der Waals surface area contributed by atoms with E-state index in [9.17, 15) is 0 Å². The van der Waals surface area contributed by atoms with Crippen LogP contribution in [0.5, 0.6) is 5.75 Å². The fourth-order valence-electron chi connectivity index (χ4n) is 2.39. The molecule has 0 heterocycles. The van der Waals surface area contributed by atoms with Gasteiger partial charge in [0.15, 0.2) is 0 Å². The zero-order valence-corrected chi connectivity index (χ0v) is 12.2. The average Bonchev–Trinajstić information content (AvgIpc) is 2.38. The van der Waals surface area contributed by atoms with Gasteiger partial charge in [-0.1, -0.05) is 41.9 Å². The van der Waals surface area contributed by atoms with Gasteiger partial charge in [0.2, 0.25) is 0 Å². The minimum Gasteiger partial charge on any atom is -0.496 e. The lowest BCUT2D eigenvalue weighted by molar-refractivity contribution is 0.408. The third kappa shape index (κ3) is 2.75. The quantitative estimate of drug-likeness (QED) is 0.918. The first-order valence-corrected chi connectivity index (χ1v) is 6.57. The summed E-state index contributed by atoms with van der Waals surface area (Å²) < 4.78 is 5.37. The van der Waals surface area contributed by atoms with E-state index in [0.29, 0.717) is 5.02 Å². The monoisotopic (exact) mass is 275 g/mol. The molecular weight excluding hydrogens is 258 g/mol. The molecule has 0 bridgehead atoms. The Labute approximate surface area is 119 Å². The van der Waals surface area contributed by atoms with Gasteiger partial charge in [-0.25, -0.2) is 0 Å². The van der Waals surface area contributed by atoms with E-state index < -0.39 is 0 Å². The fourth-order valence-corrected chi connectivity index (χ4v) is 2.65. The van der Waals surface area contributed by atoms with Crippen LogP contribution in [0, 0.1) is 13.8 Å². The van der Waals surface area contributed by atoms with Gasteiger partial charge >= 0.3 is 0 Å². The molecule has 1 atom stereocenters. The third-order valence-corrected chi connectivity index (χ3v) is 3.63. The highest BCUT2D eigenvalue weighted by Crippen LogP contribution is 2.31. The minimum atomic E-state index is -0.225. The molecule has 2 aromatic carbocycles. The van der Waals surface area contributed by atoms with Crippen molar-refractivity contribution in [2.45, 2.75) is 19.9 Å². The Balaban J connectivity index is 2.45. The molecule has 0 spiro atoms. The Bertz CT molecular complexity index is 572. The summed E-state index contributed by atoms with van der Waals surface area (Å²) in [6.07, 6.45) is 0. The van der Waals surface area contributed by atoms with Gasteiger partial charge in [-0.15, -0.1) is 0 Å². The van der Waals surface area contributed by atoms with Gasteiger partial charge in [-0.2, -0.15) is 0 Å². The summed E-state index contributed by atoms with van der Waals surface area (Å²) >= 11 is 6.20. The predicted octanol–water partition coefficient (Wildman–Crippen LogP) is 4.01. The van der Waals surface area contributed by atoms with Gasteiger partial charge < -0.3 is 10.5 Å². The van der Waals surface area contributed by atoms with Crippen molar-refractivity contribution in [1.82, 2.24) is 0 Å². The van der Waals surface area contributed by atoms with Gasteiger partial charge in [0.25, 0.3) is 0 Å². The van der Waals surface area contributed by atoms with Gasteiger partial charge in [-0.3, -0.25) is 0 Å². The average molecular weight is 276 g/mol. The molecule has 100 valence electrons. The zero-order valence-electron chi connectivity index (χ0n) is 11.4. The molecule has 0 radical (unpaired) electrons. The van der Waals surface area contributed by atoms with Gasteiger partial charge in [-0.05, 0) is 42.2 Å². The minimum absolute atomic E-state index is 0.225. The van der Waals surface area contributed by atoms with Crippen molar-refractivity contribution in [3.8, 4) is 5.75 Å². The van der Waals surface area contributed by atoms with E-state index in [1.54, 1.807) is 7.11 Å². The molecule has 2 nitrogen and oxygen atoms in total. The molecule has 0 aromatic heterocycles. The van der Waals surface area contributed by atoms with E-state index in [2.05, 4.69) is 12.1 Å². The predicted molar refractivity (Wildman–Crippen MR) is 80.0 cm³/mol. The number of aryl methyl sites for hydroxylation is 2. The van der Waals surface area contributed by atoms with Crippen LogP contribution in [-0.4, -0.2) is 7.11 Å². The molecule has 0 aliphatic rings. The normalized spacial score (nSPS) is 12.3. The lowest BCUT2D eigenvalue weighted by Gasteiger charge is -2.17. The van der Waals surface area contributed by atoms with Crippen LogP contribution in [-0.2, 0) is 0 Å². The molecule has 0 fully saturated rings. The molecule has 0 aliphatic carbocycles.